The van der Waals surface area contributed by atoms with Crippen LogP contribution in [0.5, 0.6) is 0 Å². The molecule has 0 fully saturated rings. The number of aromatic nitrogens is 2. The molecule has 1 aromatic rings. The van der Waals surface area contributed by atoms with Gasteiger partial charge in [0.1, 0.15) is 0 Å². The molecule has 0 aliphatic rings. The molecule has 0 amide bonds. The third-order valence-electron chi connectivity index (χ3n) is 1.29. The molecule has 0 radical (unpaired) electrons. The summed E-state index contributed by atoms with van der Waals surface area (Å²) >= 11 is 0. The van der Waals surface area contributed by atoms with E-state index >= 15 is 0 Å². The molecule has 0 atom stereocenters. The fourth-order valence-corrected chi connectivity index (χ4v) is 0.775. The van der Waals surface area contributed by atoms with Gasteiger partial charge in [0.25, 0.3) is 0 Å². The molecular weight excluding hydrogens is 124 g/mol. The second-order valence-corrected chi connectivity index (χ2v) is 2.13. The molecule has 2 nitrogen and oxygen atoms in total. The molecule has 0 saturated carbocycles. The quantitative estimate of drug-likeness (QED) is 0.605. The van der Waals surface area contributed by atoms with Crippen LogP contribution in [-0.2, 0) is 0 Å². The second-order valence-electron chi connectivity index (χ2n) is 2.13. The Labute approximate surface area is 60.5 Å². The Kier molecular flexibility index (Phi) is 1.71. The zero-order chi connectivity index (χ0) is 7.56. The van der Waals surface area contributed by atoms with Gasteiger partial charge in [-0.05, 0) is 13.0 Å². The van der Waals surface area contributed by atoms with Crippen LogP contribution < -0.4 is 0 Å². The molecule has 0 aromatic carbocycles. The third-order valence-corrected chi connectivity index (χ3v) is 1.29. The van der Waals surface area contributed by atoms with Gasteiger partial charge in [0, 0.05) is 5.70 Å². The Balaban J connectivity index is 3.13. The van der Waals surface area contributed by atoms with E-state index in [1.165, 1.54) is 0 Å². The van der Waals surface area contributed by atoms with E-state index in [9.17, 15) is 0 Å². The number of hydrogen-bond donors (Lipinski definition) is 0. The van der Waals surface area contributed by atoms with Crippen molar-refractivity contribution in [3.63, 3.8) is 0 Å². The van der Waals surface area contributed by atoms with Crippen molar-refractivity contribution in [2.75, 3.05) is 0 Å². The molecule has 10 heavy (non-hydrogen) atoms. The minimum atomic E-state index is 0.951. The van der Waals surface area contributed by atoms with E-state index < -0.39 is 0 Å². The molecule has 1 heterocycles. The molecule has 52 valence electrons. The second kappa shape index (κ2) is 2.52. The Bertz CT molecular complexity index is 258. The lowest BCUT2D eigenvalue weighted by Gasteiger charge is -2.00. The molecule has 0 N–H and O–H groups in total. The Morgan fingerprint density at radius 1 is 1.80 bits per heavy atom. The van der Waals surface area contributed by atoms with Crippen LogP contribution in [0.4, 0.5) is 0 Å². The van der Waals surface area contributed by atoms with Gasteiger partial charge in [-0.2, -0.15) is 0 Å². The van der Waals surface area contributed by atoms with Crippen molar-refractivity contribution < 1.29 is 0 Å². The van der Waals surface area contributed by atoms with E-state index in [-0.39, 0.29) is 0 Å². The first-order chi connectivity index (χ1) is 4.75. The Morgan fingerprint density at radius 2 is 2.50 bits per heavy atom. The van der Waals surface area contributed by atoms with Crippen molar-refractivity contribution >= 4 is 11.8 Å². The van der Waals surface area contributed by atoms with Gasteiger partial charge in [-0.25, -0.2) is 4.98 Å². The number of allylic oxidation sites excluding steroid dienone is 1. The maximum absolute atomic E-state index is 3.95. The summed E-state index contributed by atoms with van der Waals surface area (Å²) in [4.78, 5) is 3.95. The highest BCUT2D eigenvalue weighted by Gasteiger charge is 1.95. The maximum atomic E-state index is 3.95. The van der Waals surface area contributed by atoms with E-state index in [0.717, 1.165) is 11.4 Å². The standard InChI is InChI=1S/C8H10N2/c1-4-8-5-9-6-10(8)7(2)3/h4-6H,1-2H2,3H3. The number of rotatable bonds is 2. The number of hydrogen-bond acceptors (Lipinski definition) is 1. The van der Waals surface area contributed by atoms with E-state index in [2.05, 4.69) is 18.1 Å². The summed E-state index contributed by atoms with van der Waals surface area (Å²) in [6.07, 6.45) is 5.22. The average molecular weight is 134 g/mol. The van der Waals surface area contributed by atoms with E-state index in [4.69, 9.17) is 0 Å². The highest BCUT2D eigenvalue weighted by molar-refractivity contribution is 5.50. The van der Waals surface area contributed by atoms with Gasteiger partial charge >= 0.3 is 0 Å². The zero-order valence-electron chi connectivity index (χ0n) is 6.04. The lowest BCUT2D eigenvalue weighted by molar-refractivity contribution is 1.07. The Hall–Kier alpha value is -1.31. The molecule has 0 aliphatic carbocycles. The van der Waals surface area contributed by atoms with Crippen molar-refractivity contribution in [3.8, 4) is 0 Å². The summed E-state index contributed by atoms with van der Waals surface area (Å²) < 4.78 is 1.88. The molecule has 1 aromatic heterocycles. The number of nitrogens with zero attached hydrogens (tertiary/aromatic N) is 2. The molecular formula is C8H10N2. The fourth-order valence-electron chi connectivity index (χ4n) is 0.775. The summed E-state index contributed by atoms with van der Waals surface area (Å²) in [5, 5.41) is 0. The molecule has 0 aliphatic heterocycles. The highest BCUT2D eigenvalue weighted by atomic mass is 15.0. The topological polar surface area (TPSA) is 17.8 Å². The first-order valence-corrected chi connectivity index (χ1v) is 3.06. The van der Waals surface area contributed by atoms with Crippen LogP contribution >= 0.6 is 0 Å². The summed E-state index contributed by atoms with van der Waals surface area (Å²) in [6.45, 7) is 9.35. The van der Waals surface area contributed by atoms with Crippen molar-refractivity contribution in [2.45, 2.75) is 6.92 Å². The summed E-state index contributed by atoms with van der Waals surface area (Å²) in [6, 6.07) is 0. The SMILES string of the molecule is C=Cc1cncn1C(=C)C. The van der Waals surface area contributed by atoms with E-state index in [1.54, 1.807) is 18.6 Å². The average Bonchev–Trinajstić information content (AvgIpc) is 2.33. The van der Waals surface area contributed by atoms with Gasteiger partial charge in [0.05, 0.1) is 18.2 Å². The van der Waals surface area contributed by atoms with Crippen LogP contribution in [-0.4, -0.2) is 9.55 Å². The molecule has 0 bridgehead atoms. The van der Waals surface area contributed by atoms with E-state index in [0.29, 0.717) is 0 Å². The highest BCUT2D eigenvalue weighted by Crippen LogP contribution is 2.06. The summed E-state index contributed by atoms with van der Waals surface area (Å²) in [7, 11) is 0. The van der Waals surface area contributed by atoms with Gasteiger partial charge < -0.3 is 4.57 Å². The largest absolute Gasteiger partial charge is 0.304 e. The van der Waals surface area contributed by atoms with Gasteiger partial charge in [0.15, 0.2) is 0 Å². The maximum Gasteiger partial charge on any atom is 0.0994 e. The summed E-state index contributed by atoms with van der Waals surface area (Å²) in [5.41, 5.74) is 1.93. The molecule has 2 heteroatoms. The monoisotopic (exact) mass is 134 g/mol. The zero-order valence-corrected chi connectivity index (χ0v) is 6.04. The van der Waals surface area contributed by atoms with Gasteiger partial charge in [-0.1, -0.05) is 13.2 Å². The van der Waals surface area contributed by atoms with Gasteiger partial charge in [-0.3, -0.25) is 0 Å². The van der Waals surface area contributed by atoms with Gasteiger partial charge in [0.2, 0.25) is 0 Å². The lowest BCUT2D eigenvalue weighted by atomic mass is 10.4. The predicted octanol–water partition coefficient (Wildman–Crippen LogP) is 2.02. The van der Waals surface area contributed by atoms with Crippen molar-refractivity contribution in [2.24, 2.45) is 0 Å². The van der Waals surface area contributed by atoms with Gasteiger partial charge in [-0.15, -0.1) is 0 Å². The predicted molar refractivity (Wildman–Crippen MR) is 43.3 cm³/mol. The van der Waals surface area contributed by atoms with Crippen LogP contribution in [0.2, 0.25) is 0 Å². The minimum absolute atomic E-state index is 0.951. The number of imidazole rings is 1. The fraction of sp³-hybridized carbons (Fsp3) is 0.125. The minimum Gasteiger partial charge on any atom is -0.304 e. The lowest BCUT2D eigenvalue weighted by Crippen LogP contribution is -1.91. The summed E-state index contributed by atoms with van der Waals surface area (Å²) in [5.74, 6) is 0. The van der Waals surface area contributed by atoms with E-state index in [1.807, 2.05) is 11.5 Å². The van der Waals surface area contributed by atoms with Crippen molar-refractivity contribution in [1.29, 1.82) is 0 Å². The van der Waals surface area contributed by atoms with Crippen LogP contribution in [0.15, 0.2) is 25.7 Å². The first-order valence-electron chi connectivity index (χ1n) is 3.06. The van der Waals surface area contributed by atoms with Crippen LogP contribution in [0, 0.1) is 0 Å². The smallest absolute Gasteiger partial charge is 0.0994 e. The first kappa shape index (κ1) is 6.81. The molecule has 0 spiro atoms. The molecule has 0 saturated heterocycles. The molecule has 1 rings (SSSR count). The Morgan fingerprint density at radius 3 is 2.90 bits per heavy atom. The van der Waals surface area contributed by atoms with Crippen molar-refractivity contribution in [3.05, 3.63) is 31.4 Å². The van der Waals surface area contributed by atoms with Crippen LogP contribution in [0.3, 0.4) is 0 Å². The van der Waals surface area contributed by atoms with Crippen LogP contribution in [0.25, 0.3) is 11.8 Å². The molecule has 0 unspecified atom stereocenters. The third kappa shape index (κ3) is 1.00. The normalized spacial score (nSPS) is 9.30. The van der Waals surface area contributed by atoms with Crippen LogP contribution in [0.1, 0.15) is 12.6 Å². The van der Waals surface area contributed by atoms with Crippen molar-refractivity contribution in [1.82, 2.24) is 9.55 Å².